The Balaban J connectivity index is 1.68. The van der Waals surface area contributed by atoms with E-state index in [4.69, 9.17) is 4.74 Å². The number of morpholine rings is 1. The van der Waals surface area contributed by atoms with Crippen molar-refractivity contribution in [3.63, 3.8) is 0 Å². The van der Waals surface area contributed by atoms with Gasteiger partial charge in [0, 0.05) is 25.2 Å². The smallest absolute Gasteiger partial charge is 0.245 e. The Morgan fingerprint density at radius 3 is 3.06 bits per heavy atom. The van der Waals surface area contributed by atoms with Crippen LogP contribution < -0.4 is 5.32 Å². The van der Waals surface area contributed by atoms with E-state index in [0.717, 1.165) is 12.1 Å². The minimum Gasteiger partial charge on any atom is -0.375 e. The molecule has 0 saturated carbocycles. The summed E-state index contributed by atoms with van der Waals surface area (Å²) in [4.78, 5) is 14.3. The molecule has 0 aliphatic carbocycles. The molecule has 3 rings (SSSR count). The molecule has 0 aromatic heterocycles. The van der Waals surface area contributed by atoms with E-state index in [1.165, 1.54) is 5.56 Å². The predicted molar refractivity (Wildman–Crippen MR) is 69.6 cm³/mol. The fraction of sp³-hybridized carbons (Fsp3) is 0.500. The second-order valence-electron chi connectivity index (χ2n) is 5.02. The van der Waals surface area contributed by atoms with Crippen molar-refractivity contribution in [1.29, 1.82) is 0 Å². The van der Waals surface area contributed by atoms with Gasteiger partial charge in [0.05, 0.1) is 12.7 Å². The Labute approximate surface area is 107 Å². The summed E-state index contributed by atoms with van der Waals surface area (Å²) in [6.07, 6.45) is 0.937. The lowest BCUT2D eigenvalue weighted by atomic mass is 10.1. The Morgan fingerprint density at radius 2 is 2.28 bits per heavy atom. The molecular formula is C14H18N2O2. The molecular weight excluding hydrogens is 228 g/mol. The fourth-order valence-corrected chi connectivity index (χ4v) is 2.69. The van der Waals surface area contributed by atoms with Gasteiger partial charge in [0.1, 0.15) is 6.04 Å². The van der Waals surface area contributed by atoms with Gasteiger partial charge in [-0.25, -0.2) is 0 Å². The fourth-order valence-electron chi connectivity index (χ4n) is 2.69. The lowest BCUT2D eigenvalue weighted by molar-refractivity contribution is -0.138. The summed E-state index contributed by atoms with van der Waals surface area (Å²) >= 11 is 0. The second kappa shape index (κ2) is 4.61. The van der Waals surface area contributed by atoms with E-state index in [-0.39, 0.29) is 18.1 Å². The van der Waals surface area contributed by atoms with Crippen molar-refractivity contribution in [2.24, 2.45) is 0 Å². The van der Waals surface area contributed by atoms with Crippen molar-refractivity contribution in [3.05, 3.63) is 29.8 Å². The van der Waals surface area contributed by atoms with Crippen LogP contribution >= 0.6 is 0 Å². The SMILES string of the molecule is C[C@@H]1CN(C(=O)[C@@H]2Cc3ccccc3N2)CCO1. The van der Waals surface area contributed by atoms with Gasteiger partial charge >= 0.3 is 0 Å². The van der Waals surface area contributed by atoms with Gasteiger partial charge in [-0.2, -0.15) is 0 Å². The summed E-state index contributed by atoms with van der Waals surface area (Å²) in [5.41, 5.74) is 2.33. The summed E-state index contributed by atoms with van der Waals surface area (Å²) in [6, 6.07) is 8.02. The van der Waals surface area contributed by atoms with E-state index in [9.17, 15) is 4.79 Å². The van der Waals surface area contributed by atoms with Crippen molar-refractivity contribution in [1.82, 2.24) is 4.90 Å². The zero-order valence-electron chi connectivity index (χ0n) is 10.6. The molecule has 96 valence electrons. The molecule has 1 saturated heterocycles. The minimum atomic E-state index is -0.104. The Morgan fingerprint density at radius 1 is 1.44 bits per heavy atom. The topological polar surface area (TPSA) is 41.6 Å². The molecule has 2 atom stereocenters. The van der Waals surface area contributed by atoms with Crippen LogP contribution in [0.25, 0.3) is 0 Å². The maximum absolute atomic E-state index is 12.4. The first-order chi connectivity index (χ1) is 8.74. The maximum atomic E-state index is 12.4. The summed E-state index contributed by atoms with van der Waals surface area (Å²) in [7, 11) is 0. The van der Waals surface area contributed by atoms with Crippen molar-refractivity contribution in [3.8, 4) is 0 Å². The van der Waals surface area contributed by atoms with Crippen LogP contribution in [0.4, 0.5) is 5.69 Å². The van der Waals surface area contributed by atoms with Gasteiger partial charge in [-0.1, -0.05) is 18.2 Å². The average molecular weight is 246 g/mol. The number of amides is 1. The second-order valence-corrected chi connectivity index (χ2v) is 5.02. The maximum Gasteiger partial charge on any atom is 0.245 e. The number of carbonyl (C=O) groups is 1. The van der Waals surface area contributed by atoms with Gasteiger partial charge in [-0.05, 0) is 18.6 Å². The minimum absolute atomic E-state index is 0.104. The third-order valence-corrected chi connectivity index (χ3v) is 3.62. The molecule has 4 heteroatoms. The number of hydrogen-bond acceptors (Lipinski definition) is 3. The quantitative estimate of drug-likeness (QED) is 0.811. The largest absolute Gasteiger partial charge is 0.375 e. The van der Waals surface area contributed by atoms with Crippen molar-refractivity contribution >= 4 is 11.6 Å². The van der Waals surface area contributed by atoms with E-state index in [1.807, 2.05) is 30.0 Å². The summed E-state index contributed by atoms with van der Waals surface area (Å²) in [5.74, 6) is 0.196. The molecule has 0 spiro atoms. The summed E-state index contributed by atoms with van der Waals surface area (Å²) < 4.78 is 5.47. The van der Waals surface area contributed by atoms with Gasteiger partial charge in [-0.15, -0.1) is 0 Å². The molecule has 1 fully saturated rings. The van der Waals surface area contributed by atoms with Crippen molar-refractivity contribution < 1.29 is 9.53 Å². The lowest BCUT2D eigenvalue weighted by Gasteiger charge is -2.32. The molecule has 0 unspecified atom stereocenters. The zero-order valence-corrected chi connectivity index (χ0v) is 10.6. The molecule has 1 amide bonds. The van der Waals surface area contributed by atoms with E-state index in [0.29, 0.717) is 19.7 Å². The zero-order chi connectivity index (χ0) is 12.5. The number of ether oxygens (including phenoxy) is 1. The molecule has 2 aliphatic rings. The van der Waals surface area contributed by atoms with Crippen molar-refractivity contribution in [2.75, 3.05) is 25.0 Å². The molecule has 1 aromatic rings. The molecule has 1 N–H and O–H groups in total. The van der Waals surface area contributed by atoms with Crippen LogP contribution in [0.3, 0.4) is 0 Å². The van der Waals surface area contributed by atoms with E-state index in [2.05, 4.69) is 11.4 Å². The molecule has 2 heterocycles. The number of nitrogens with zero attached hydrogens (tertiary/aromatic N) is 1. The Bertz CT molecular complexity index is 436. The molecule has 0 radical (unpaired) electrons. The number of benzene rings is 1. The number of para-hydroxylation sites is 1. The first-order valence-electron chi connectivity index (χ1n) is 6.49. The van der Waals surface area contributed by atoms with E-state index < -0.39 is 0 Å². The van der Waals surface area contributed by atoms with Gasteiger partial charge in [0.25, 0.3) is 0 Å². The van der Waals surface area contributed by atoms with E-state index in [1.54, 1.807) is 0 Å². The molecule has 1 aromatic carbocycles. The highest BCUT2D eigenvalue weighted by molar-refractivity contribution is 5.87. The number of rotatable bonds is 1. The monoisotopic (exact) mass is 246 g/mol. The standard InChI is InChI=1S/C14H18N2O2/c1-10-9-16(6-7-18-10)14(17)13-8-11-4-2-3-5-12(11)15-13/h2-5,10,13,15H,6-9H2,1H3/t10-,13+/m1/s1. The van der Waals surface area contributed by atoms with Gasteiger partial charge in [0.2, 0.25) is 5.91 Å². The normalized spacial score (nSPS) is 26.6. The number of hydrogen-bond donors (Lipinski definition) is 1. The van der Waals surface area contributed by atoms with Gasteiger partial charge < -0.3 is 15.0 Å². The highest BCUT2D eigenvalue weighted by Crippen LogP contribution is 2.26. The molecule has 4 nitrogen and oxygen atoms in total. The number of anilines is 1. The first kappa shape index (κ1) is 11.5. The highest BCUT2D eigenvalue weighted by Gasteiger charge is 2.31. The van der Waals surface area contributed by atoms with Crippen LogP contribution in [0.5, 0.6) is 0 Å². The lowest BCUT2D eigenvalue weighted by Crippen LogP contribution is -2.49. The summed E-state index contributed by atoms with van der Waals surface area (Å²) in [5, 5.41) is 3.31. The van der Waals surface area contributed by atoms with Crippen LogP contribution in [-0.4, -0.2) is 42.6 Å². The number of fused-ring (bicyclic) bond motifs is 1. The van der Waals surface area contributed by atoms with Gasteiger partial charge in [-0.3, -0.25) is 4.79 Å². The van der Waals surface area contributed by atoms with Crippen LogP contribution in [0.15, 0.2) is 24.3 Å². The number of carbonyl (C=O) groups excluding carboxylic acids is 1. The first-order valence-corrected chi connectivity index (χ1v) is 6.49. The van der Waals surface area contributed by atoms with Crippen LogP contribution in [0.2, 0.25) is 0 Å². The average Bonchev–Trinajstić information content (AvgIpc) is 2.81. The Hall–Kier alpha value is -1.55. The number of nitrogens with one attached hydrogen (secondary N) is 1. The van der Waals surface area contributed by atoms with Crippen LogP contribution in [0.1, 0.15) is 12.5 Å². The van der Waals surface area contributed by atoms with Crippen molar-refractivity contribution in [2.45, 2.75) is 25.5 Å². The van der Waals surface area contributed by atoms with E-state index >= 15 is 0 Å². The Kier molecular flexibility index (Phi) is 2.96. The third kappa shape index (κ3) is 2.08. The van der Waals surface area contributed by atoms with Crippen LogP contribution in [0, 0.1) is 0 Å². The third-order valence-electron chi connectivity index (χ3n) is 3.62. The van der Waals surface area contributed by atoms with Crippen LogP contribution in [-0.2, 0) is 16.0 Å². The molecule has 2 aliphatic heterocycles. The molecule has 18 heavy (non-hydrogen) atoms. The summed E-state index contributed by atoms with van der Waals surface area (Å²) in [6.45, 7) is 4.06. The predicted octanol–water partition coefficient (Wildman–Crippen LogP) is 1.27. The van der Waals surface area contributed by atoms with Gasteiger partial charge in [0.15, 0.2) is 0 Å². The highest BCUT2D eigenvalue weighted by atomic mass is 16.5. The molecule has 0 bridgehead atoms.